The molecule has 0 fully saturated rings. The summed E-state index contributed by atoms with van der Waals surface area (Å²) in [5, 5.41) is 2.49. The number of benzene rings is 2. The molecule has 3 aromatic rings. The Morgan fingerprint density at radius 3 is 2.72 bits per heavy atom. The summed E-state index contributed by atoms with van der Waals surface area (Å²) in [5.74, 6) is 0. The third-order valence-electron chi connectivity index (χ3n) is 4.64. The van der Waals surface area contributed by atoms with Gasteiger partial charge in [-0.05, 0) is 48.7 Å². The predicted molar refractivity (Wildman–Crippen MR) is 109 cm³/mol. The fourth-order valence-corrected chi connectivity index (χ4v) is 4.35. The number of unbranched alkanes of at least 4 members (excludes halogenated alkanes) is 1. The zero-order chi connectivity index (χ0) is 17.2. The Morgan fingerprint density at radius 1 is 1.08 bits per heavy atom. The summed E-state index contributed by atoms with van der Waals surface area (Å²) in [5.41, 5.74) is 4.82. The number of aryl methyl sites for hydroxylation is 1. The molecule has 0 unspecified atom stereocenters. The lowest BCUT2D eigenvalue weighted by Gasteiger charge is -2.14. The molecule has 0 amide bonds. The molecule has 126 valence electrons. The third-order valence-corrected chi connectivity index (χ3v) is 5.80. The van der Waals surface area contributed by atoms with Gasteiger partial charge in [0, 0.05) is 23.0 Å². The fourth-order valence-electron chi connectivity index (χ4n) is 3.24. The Bertz CT molecular complexity index is 946. The van der Waals surface area contributed by atoms with E-state index in [1.54, 1.807) is 0 Å². The first kappa shape index (κ1) is 16.2. The van der Waals surface area contributed by atoms with E-state index < -0.39 is 0 Å². The van der Waals surface area contributed by atoms with Crippen molar-refractivity contribution in [3.05, 3.63) is 70.9 Å². The van der Waals surface area contributed by atoms with E-state index in [2.05, 4.69) is 79.5 Å². The monoisotopic (exact) mass is 346 g/mol. The van der Waals surface area contributed by atoms with Crippen LogP contribution in [0.2, 0.25) is 0 Å². The van der Waals surface area contributed by atoms with E-state index >= 15 is 0 Å². The lowest BCUT2D eigenvalue weighted by atomic mass is 10.1. The van der Waals surface area contributed by atoms with Gasteiger partial charge in [0.15, 0.2) is 0 Å². The number of anilines is 1. The van der Waals surface area contributed by atoms with Crippen LogP contribution in [0.15, 0.2) is 64.5 Å². The van der Waals surface area contributed by atoms with Gasteiger partial charge in [-0.1, -0.05) is 55.4 Å². The molecule has 1 aliphatic rings. The minimum absolute atomic E-state index is 1.04. The van der Waals surface area contributed by atoms with E-state index in [4.69, 9.17) is 4.98 Å². The summed E-state index contributed by atoms with van der Waals surface area (Å²) < 4.78 is 0. The summed E-state index contributed by atoms with van der Waals surface area (Å²) in [6.45, 7) is 2.23. The topological polar surface area (TPSA) is 16.1 Å². The molecule has 0 aliphatic carbocycles. The largest absolute Gasteiger partial charge is 0.338 e. The highest BCUT2D eigenvalue weighted by atomic mass is 32.2. The molecule has 0 spiro atoms. The van der Waals surface area contributed by atoms with E-state index in [1.807, 2.05) is 11.8 Å². The van der Waals surface area contributed by atoms with Gasteiger partial charge in [0.2, 0.25) is 0 Å². The molecule has 0 N–H and O–H groups in total. The highest BCUT2D eigenvalue weighted by molar-refractivity contribution is 8.03. The molecule has 0 atom stereocenters. The predicted octanol–water partition coefficient (Wildman–Crippen LogP) is 6.12. The van der Waals surface area contributed by atoms with Crippen LogP contribution in [0.5, 0.6) is 0 Å². The second-order valence-electron chi connectivity index (χ2n) is 6.43. The highest BCUT2D eigenvalue weighted by Crippen LogP contribution is 2.45. The van der Waals surface area contributed by atoms with Crippen molar-refractivity contribution in [2.45, 2.75) is 31.1 Å². The van der Waals surface area contributed by atoms with Crippen LogP contribution in [0, 0.1) is 0 Å². The van der Waals surface area contributed by atoms with Crippen LogP contribution in [-0.2, 0) is 6.42 Å². The average molecular weight is 346 g/mol. The Labute approximate surface area is 153 Å². The Hall–Kier alpha value is -2.26. The number of thioether (sulfide) groups is 1. The van der Waals surface area contributed by atoms with E-state index in [9.17, 15) is 0 Å². The SMILES string of the molecule is CCCCc1cc(C=C2Sc3ccccc3N2C)c2ccccc2n1. The molecule has 0 bridgehead atoms. The van der Waals surface area contributed by atoms with Crippen LogP contribution < -0.4 is 4.90 Å². The van der Waals surface area contributed by atoms with Crippen molar-refractivity contribution in [1.29, 1.82) is 0 Å². The summed E-state index contributed by atoms with van der Waals surface area (Å²) in [6, 6.07) is 19.3. The van der Waals surface area contributed by atoms with Gasteiger partial charge in [0.1, 0.15) is 0 Å². The summed E-state index contributed by atoms with van der Waals surface area (Å²) in [7, 11) is 2.14. The molecule has 2 aromatic carbocycles. The number of fused-ring (bicyclic) bond motifs is 2. The Balaban J connectivity index is 1.78. The van der Waals surface area contributed by atoms with Crippen LogP contribution in [-0.4, -0.2) is 12.0 Å². The molecule has 0 radical (unpaired) electrons. The smallest absolute Gasteiger partial charge is 0.0805 e. The van der Waals surface area contributed by atoms with Gasteiger partial charge in [0.05, 0.1) is 16.2 Å². The fraction of sp³-hybridized carbons (Fsp3) is 0.227. The maximum atomic E-state index is 4.86. The van der Waals surface area contributed by atoms with Crippen LogP contribution >= 0.6 is 11.8 Å². The molecule has 0 saturated carbocycles. The molecule has 1 aliphatic heterocycles. The number of pyridine rings is 1. The van der Waals surface area contributed by atoms with Crippen molar-refractivity contribution in [2.75, 3.05) is 11.9 Å². The van der Waals surface area contributed by atoms with Crippen LogP contribution in [0.25, 0.3) is 17.0 Å². The minimum Gasteiger partial charge on any atom is -0.338 e. The van der Waals surface area contributed by atoms with Crippen molar-refractivity contribution in [1.82, 2.24) is 4.98 Å². The molecule has 4 rings (SSSR count). The standard InChI is InChI=1S/C22H22N2S/c1-3-4-9-17-14-16(18-10-5-6-11-19(18)23-17)15-22-24(2)20-12-7-8-13-21(20)25-22/h5-8,10-15H,3-4,9H2,1-2H3. The van der Waals surface area contributed by atoms with Gasteiger partial charge in [-0.25, -0.2) is 0 Å². The molecular formula is C22H22N2S. The van der Waals surface area contributed by atoms with E-state index in [0.717, 1.165) is 11.9 Å². The number of aromatic nitrogens is 1. The van der Waals surface area contributed by atoms with Crippen molar-refractivity contribution in [3.63, 3.8) is 0 Å². The quantitative estimate of drug-likeness (QED) is 0.566. The minimum atomic E-state index is 1.04. The van der Waals surface area contributed by atoms with Gasteiger partial charge in [-0.2, -0.15) is 0 Å². The second-order valence-corrected chi connectivity index (χ2v) is 7.50. The number of para-hydroxylation sites is 2. The van der Waals surface area contributed by atoms with Crippen molar-refractivity contribution in [2.24, 2.45) is 0 Å². The van der Waals surface area contributed by atoms with Crippen LogP contribution in [0.1, 0.15) is 31.0 Å². The van der Waals surface area contributed by atoms with Crippen molar-refractivity contribution < 1.29 is 0 Å². The molecular weight excluding hydrogens is 324 g/mol. The number of hydrogen-bond acceptors (Lipinski definition) is 3. The Morgan fingerprint density at radius 2 is 1.88 bits per heavy atom. The number of nitrogens with zero attached hydrogens (tertiary/aromatic N) is 2. The molecule has 1 aromatic heterocycles. The highest BCUT2D eigenvalue weighted by Gasteiger charge is 2.21. The second kappa shape index (κ2) is 6.93. The van der Waals surface area contributed by atoms with Crippen molar-refractivity contribution >= 4 is 34.4 Å². The molecule has 2 heterocycles. The molecule has 3 heteroatoms. The first-order chi connectivity index (χ1) is 12.3. The van der Waals surface area contributed by atoms with Gasteiger partial charge in [0.25, 0.3) is 0 Å². The maximum absolute atomic E-state index is 4.86. The van der Waals surface area contributed by atoms with Gasteiger partial charge < -0.3 is 4.90 Å². The first-order valence-electron chi connectivity index (χ1n) is 8.87. The zero-order valence-electron chi connectivity index (χ0n) is 14.7. The summed E-state index contributed by atoms with van der Waals surface area (Å²) in [6.07, 6.45) is 5.73. The van der Waals surface area contributed by atoms with E-state index in [0.29, 0.717) is 0 Å². The normalized spacial score (nSPS) is 15.1. The lowest BCUT2D eigenvalue weighted by molar-refractivity contribution is 0.779. The zero-order valence-corrected chi connectivity index (χ0v) is 15.5. The van der Waals surface area contributed by atoms with E-state index in [-0.39, 0.29) is 0 Å². The summed E-state index contributed by atoms with van der Waals surface area (Å²) >= 11 is 1.84. The summed E-state index contributed by atoms with van der Waals surface area (Å²) in [4.78, 5) is 8.46. The Kier molecular flexibility index (Phi) is 4.50. The number of rotatable bonds is 4. The van der Waals surface area contributed by atoms with E-state index in [1.165, 1.54) is 45.1 Å². The first-order valence-corrected chi connectivity index (χ1v) is 9.69. The van der Waals surface area contributed by atoms with Gasteiger partial charge in [-0.15, -0.1) is 0 Å². The van der Waals surface area contributed by atoms with Crippen LogP contribution in [0.3, 0.4) is 0 Å². The molecule has 0 saturated heterocycles. The average Bonchev–Trinajstić information content (AvgIpc) is 2.96. The molecule has 25 heavy (non-hydrogen) atoms. The van der Waals surface area contributed by atoms with Gasteiger partial charge >= 0.3 is 0 Å². The van der Waals surface area contributed by atoms with Crippen molar-refractivity contribution in [3.8, 4) is 0 Å². The molecule has 2 nitrogen and oxygen atoms in total. The number of hydrogen-bond donors (Lipinski definition) is 0. The van der Waals surface area contributed by atoms with Gasteiger partial charge in [-0.3, -0.25) is 4.98 Å². The third kappa shape index (κ3) is 3.16. The maximum Gasteiger partial charge on any atom is 0.0805 e. The lowest BCUT2D eigenvalue weighted by Crippen LogP contribution is -2.09. The van der Waals surface area contributed by atoms with Crippen LogP contribution in [0.4, 0.5) is 5.69 Å².